The number of aromatic amines is 1. The number of hydrogen-bond acceptors (Lipinski definition) is 6. The van der Waals surface area contributed by atoms with Gasteiger partial charge in [0.2, 0.25) is 0 Å². The molecular formula is C20H17ClN4O3. The Bertz CT molecular complexity index is 1240. The molecule has 0 aliphatic carbocycles. The SMILES string of the molecule is Cc1noc(-c2c(O)c3cc(-c4ccc(N(C)C)cc4)c(Cl)cc3[nH]c2=O)n1. The van der Waals surface area contributed by atoms with Crippen LogP contribution in [0, 0.1) is 6.92 Å². The quantitative estimate of drug-likeness (QED) is 0.544. The summed E-state index contributed by atoms with van der Waals surface area (Å²) >= 11 is 6.45. The van der Waals surface area contributed by atoms with Crippen LogP contribution in [0.1, 0.15) is 5.82 Å². The predicted octanol–water partition coefficient (Wildman–Crippen LogP) is 3.98. The molecule has 0 radical (unpaired) electrons. The lowest BCUT2D eigenvalue weighted by molar-refractivity contribution is 0.420. The normalized spacial score (nSPS) is 11.1. The summed E-state index contributed by atoms with van der Waals surface area (Å²) in [6, 6.07) is 11.2. The van der Waals surface area contributed by atoms with Crippen molar-refractivity contribution in [1.29, 1.82) is 0 Å². The van der Waals surface area contributed by atoms with Gasteiger partial charge in [-0.2, -0.15) is 4.98 Å². The van der Waals surface area contributed by atoms with Crippen LogP contribution in [0.15, 0.2) is 45.7 Å². The minimum Gasteiger partial charge on any atom is -0.506 e. The van der Waals surface area contributed by atoms with E-state index in [-0.39, 0.29) is 17.2 Å². The third-order valence-corrected chi connectivity index (χ3v) is 4.82. The Morgan fingerprint density at radius 3 is 2.50 bits per heavy atom. The zero-order valence-electron chi connectivity index (χ0n) is 15.4. The largest absolute Gasteiger partial charge is 0.506 e. The van der Waals surface area contributed by atoms with Gasteiger partial charge in [-0.1, -0.05) is 28.9 Å². The molecule has 2 N–H and O–H groups in total. The minimum absolute atomic E-state index is 0.0371. The van der Waals surface area contributed by atoms with Gasteiger partial charge in [-0.25, -0.2) is 0 Å². The zero-order chi connectivity index (χ0) is 20.0. The molecule has 28 heavy (non-hydrogen) atoms. The lowest BCUT2D eigenvalue weighted by atomic mass is 10.0. The molecule has 2 heterocycles. The fourth-order valence-corrected chi connectivity index (χ4v) is 3.33. The first-order valence-electron chi connectivity index (χ1n) is 8.52. The van der Waals surface area contributed by atoms with E-state index in [1.165, 1.54) is 0 Å². The maximum absolute atomic E-state index is 12.4. The van der Waals surface area contributed by atoms with Gasteiger partial charge in [0.15, 0.2) is 5.82 Å². The molecule has 8 heteroatoms. The summed E-state index contributed by atoms with van der Waals surface area (Å²) in [7, 11) is 3.93. The van der Waals surface area contributed by atoms with Crippen molar-refractivity contribution in [1.82, 2.24) is 15.1 Å². The van der Waals surface area contributed by atoms with Crippen molar-refractivity contribution in [3.05, 3.63) is 57.6 Å². The van der Waals surface area contributed by atoms with Crippen molar-refractivity contribution >= 4 is 28.2 Å². The molecule has 0 aliphatic rings. The Labute approximate surface area is 165 Å². The lowest BCUT2D eigenvalue weighted by Gasteiger charge is -2.14. The predicted molar refractivity (Wildman–Crippen MR) is 109 cm³/mol. The fourth-order valence-electron chi connectivity index (χ4n) is 3.06. The average molecular weight is 397 g/mol. The highest BCUT2D eigenvalue weighted by molar-refractivity contribution is 6.34. The topological polar surface area (TPSA) is 95.3 Å². The van der Waals surface area contributed by atoms with Crippen molar-refractivity contribution in [2.45, 2.75) is 6.92 Å². The number of fused-ring (bicyclic) bond motifs is 1. The molecule has 2 aromatic heterocycles. The first kappa shape index (κ1) is 18.1. The van der Waals surface area contributed by atoms with E-state index in [4.69, 9.17) is 16.1 Å². The number of rotatable bonds is 3. The van der Waals surface area contributed by atoms with Crippen molar-refractivity contribution in [3.8, 4) is 28.3 Å². The fraction of sp³-hybridized carbons (Fsp3) is 0.150. The monoisotopic (exact) mass is 396 g/mol. The number of nitrogens with one attached hydrogen (secondary N) is 1. The van der Waals surface area contributed by atoms with Crippen LogP contribution in [0.3, 0.4) is 0 Å². The van der Waals surface area contributed by atoms with Crippen LogP contribution in [0.2, 0.25) is 5.02 Å². The summed E-state index contributed by atoms with van der Waals surface area (Å²) in [5.74, 6) is 0.0990. The molecule has 0 saturated carbocycles. The molecule has 0 spiro atoms. The molecule has 0 fully saturated rings. The number of aromatic nitrogens is 3. The van der Waals surface area contributed by atoms with E-state index < -0.39 is 5.56 Å². The van der Waals surface area contributed by atoms with Gasteiger partial charge in [-0.3, -0.25) is 4.79 Å². The molecule has 4 rings (SSSR count). The van der Waals surface area contributed by atoms with Crippen LogP contribution in [0.4, 0.5) is 5.69 Å². The maximum Gasteiger partial charge on any atom is 0.267 e. The third kappa shape index (κ3) is 2.99. The van der Waals surface area contributed by atoms with E-state index in [9.17, 15) is 9.90 Å². The number of aromatic hydroxyl groups is 1. The summed E-state index contributed by atoms with van der Waals surface area (Å²) in [5, 5.41) is 15.3. The summed E-state index contributed by atoms with van der Waals surface area (Å²) in [6.45, 7) is 1.63. The van der Waals surface area contributed by atoms with Gasteiger partial charge in [-0.15, -0.1) is 0 Å². The summed E-state index contributed by atoms with van der Waals surface area (Å²) in [4.78, 5) is 21.2. The molecular weight excluding hydrogens is 380 g/mol. The second-order valence-corrected chi connectivity index (χ2v) is 7.05. The minimum atomic E-state index is -0.534. The van der Waals surface area contributed by atoms with E-state index in [2.05, 4.69) is 15.1 Å². The first-order valence-corrected chi connectivity index (χ1v) is 8.90. The van der Waals surface area contributed by atoms with Gasteiger partial charge in [0.25, 0.3) is 11.4 Å². The number of anilines is 1. The summed E-state index contributed by atoms with van der Waals surface area (Å²) < 4.78 is 5.06. The first-order chi connectivity index (χ1) is 13.3. The van der Waals surface area contributed by atoms with Gasteiger partial charge in [-0.05, 0) is 36.8 Å². The van der Waals surface area contributed by atoms with Gasteiger partial charge in [0, 0.05) is 30.7 Å². The van der Waals surface area contributed by atoms with Crippen LogP contribution in [-0.2, 0) is 0 Å². The van der Waals surface area contributed by atoms with Crippen molar-refractivity contribution in [3.63, 3.8) is 0 Å². The number of hydrogen-bond donors (Lipinski definition) is 2. The van der Waals surface area contributed by atoms with Gasteiger partial charge < -0.3 is 19.5 Å². The molecule has 142 valence electrons. The molecule has 7 nitrogen and oxygen atoms in total. The second kappa shape index (κ2) is 6.69. The van der Waals surface area contributed by atoms with Crippen molar-refractivity contribution in [2.24, 2.45) is 0 Å². The van der Waals surface area contributed by atoms with Gasteiger partial charge >= 0.3 is 0 Å². The van der Waals surface area contributed by atoms with Crippen molar-refractivity contribution in [2.75, 3.05) is 19.0 Å². The average Bonchev–Trinajstić information content (AvgIpc) is 3.07. The molecule has 0 bridgehead atoms. The molecule has 0 saturated heterocycles. The lowest BCUT2D eigenvalue weighted by Crippen LogP contribution is -2.09. The van der Waals surface area contributed by atoms with E-state index >= 15 is 0 Å². The summed E-state index contributed by atoms with van der Waals surface area (Å²) in [5.41, 5.74) is 2.49. The maximum atomic E-state index is 12.4. The summed E-state index contributed by atoms with van der Waals surface area (Å²) in [6.07, 6.45) is 0. The Morgan fingerprint density at radius 1 is 1.18 bits per heavy atom. The molecule has 0 amide bonds. The molecule has 4 aromatic rings. The Balaban J connectivity index is 1.92. The Hall–Kier alpha value is -3.32. The highest BCUT2D eigenvalue weighted by atomic mass is 35.5. The number of nitrogens with zero attached hydrogens (tertiary/aromatic N) is 3. The van der Waals surface area contributed by atoms with Crippen LogP contribution >= 0.6 is 11.6 Å². The highest BCUT2D eigenvalue weighted by Gasteiger charge is 2.20. The standard InChI is InChI=1S/C20H17ClN4O3/c1-10-22-20(28-24-10)17-18(26)14-8-13(15(21)9-16(14)23-19(17)27)11-4-6-12(7-5-11)25(2)3/h4-9H,1-3H3,(H2,23,26,27). The highest BCUT2D eigenvalue weighted by Crippen LogP contribution is 2.37. The molecule has 2 aromatic carbocycles. The smallest absolute Gasteiger partial charge is 0.267 e. The van der Waals surface area contributed by atoms with Crippen molar-refractivity contribution < 1.29 is 9.63 Å². The van der Waals surface area contributed by atoms with E-state index in [0.717, 1.165) is 16.8 Å². The van der Waals surface area contributed by atoms with E-state index in [0.29, 0.717) is 21.7 Å². The van der Waals surface area contributed by atoms with E-state index in [1.807, 2.05) is 43.3 Å². The van der Waals surface area contributed by atoms with Crippen LogP contribution in [0.5, 0.6) is 5.75 Å². The Morgan fingerprint density at radius 2 is 1.89 bits per heavy atom. The zero-order valence-corrected chi connectivity index (χ0v) is 16.2. The number of pyridine rings is 1. The van der Waals surface area contributed by atoms with Gasteiger partial charge in [0.1, 0.15) is 11.3 Å². The number of benzene rings is 2. The van der Waals surface area contributed by atoms with E-state index in [1.54, 1.807) is 19.1 Å². The molecule has 0 unspecified atom stereocenters. The van der Waals surface area contributed by atoms with Crippen LogP contribution < -0.4 is 10.5 Å². The second-order valence-electron chi connectivity index (χ2n) is 6.64. The van der Waals surface area contributed by atoms with Crippen LogP contribution in [0.25, 0.3) is 33.5 Å². The van der Waals surface area contributed by atoms with Gasteiger partial charge in [0.05, 0.1) is 10.5 Å². The number of H-pyrrole nitrogens is 1. The molecule has 0 atom stereocenters. The number of aryl methyl sites for hydroxylation is 1. The Kier molecular flexibility index (Phi) is 4.31. The number of halogens is 1. The van der Waals surface area contributed by atoms with Crippen LogP contribution in [-0.4, -0.2) is 34.3 Å². The molecule has 0 aliphatic heterocycles. The third-order valence-electron chi connectivity index (χ3n) is 4.51.